The molecule has 1 aromatic carbocycles. The van der Waals surface area contributed by atoms with E-state index in [2.05, 4.69) is 20.3 Å². The molecule has 3 amide bonds. The number of amides is 3. The molecule has 10 heteroatoms. The number of unbranched alkanes of at least 4 members (excludes halogenated alkanes) is 1. The molecule has 0 bridgehead atoms. The standard InChI is InChI=1S/C24H38N6O3S/c1-4-6-13-26-23(33)22(25)24(30(5-2)18(3)31)34-28-20-11-9-10-19(17-20)27-21(32)12-16-29-14-7-8-15-29/h9-11,17,28H,4-8,12-16,25H2,1-3H3,(H,26,33)(H,27,32)/b24-22+. The second-order valence-corrected chi connectivity index (χ2v) is 9.02. The maximum absolute atomic E-state index is 12.5. The zero-order valence-electron chi connectivity index (χ0n) is 20.5. The first kappa shape index (κ1) is 27.5. The fourth-order valence-electron chi connectivity index (χ4n) is 3.59. The third kappa shape index (κ3) is 8.90. The van der Waals surface area contributed by atoms with Crippen LogP contribution in [-0.2, 0) is 14.4 Å². The predicted octanol–water partition coefficient (Wildman–Crippen LogP) is 3.08. The van der Waals surface area contributed by atoms with Crippen molar-refractivity contribution in [3.05, 3.63) is 35.0 Å². The van der Waals surface area contributed by atoms with Crippen molar-refractivity contribution in [1.82, 2.24) is 15.1 Å². The fraction of sp³-hybridized carbons (Fsp3) is 0.542. The van der Waals surface area contributed by atoms with E-state index >= 15 is 0 Å². The van der Waals surface area contributed by atoms with Gasteiger partial charge in [0.2, 0.25) is 11.8 Å². The molecule has 0 radical (unpaired) electrons. The highest BCUT2D eigenvalue weighted by molar-refractivity contribution is 8.04. The van der Waals surface area contributed by atoms with E-state index < -0.39 is 5.91 Å². The van der Waals surface area contributed by atoms with Crippen LogP contribution in [0.1, 0.15) is 52.9 Å². The molecule has 0 saturated carbocycles. The van der Waals surface area contributed by atoms with Crippen molar-refractivity contribution in [1.29, 1.82) is 0 Å². The third-order valence-corrected chi connectivity index (χ3v) is 6.47. The summed E-state index contributed by atoms with van der Waals surface area (Å²) >= 11 is 1.10. The second kappa shape index (κ2) is 14.5. The summed E-state index contributed by atoms with van der Waals surface area (Å²) in [7, 11) is 0. The van der Waals surface area contributed by atoms with Gasteiger partial charge in [0.1, 0.15) is 10.7 Å². The number of likely N-dealkylation sites (tertiary alicyclic amines) is 1. The Labute approximate surface area is 207 Å². The quantitative estimate of drug-likeness (QED) is 0.191. The van der Waals surface area contributed by atoms with Crippen LogP contribution in [0, 0.1) is 0 Å². The molecule has 2 rings (SSSR count). The lowest BCUT2D eigenvalue weighted by atomic mass is 10.2. The lowest BCUT2D eigenvalue weighted by Crippen LogP contribution is -2.35. The SMILES string of the molecule is CCCCNC(=O)/C(N)=C(\SNc1cccc(NC(=O)CCN2CCCC2)c1)N(CC)C(C)=O. The Bertz CT molecular complexity index is 870. The number of nitrogens with zero attached hydrogens (tertiary/aromatic N) is 2. The summed E-state index contributed by atoms with van der Waals surface area (Å²) in [4.78, 5) is 40.8. The van der Waals surface area contributed by atoms with Crippen molar-refractivity contribution in [3.8, 4) is 0 Å². The number of rotatable bonds is 13. The lowest BCUT2D eigenvalue weighted by molar-refractivity contribution is -0.126. The molecule has 1 heterocycles. The molecule has 0 aromatic heterocycles. The van der Waals surface area contributed by atoms with Gasteiger partial charge in [-0.25, -0.2) is 0 Å². The number of carbonyl (C=O) groups is 3. The van der Waals surface area contributed by atoms with Gasteiger partial charge in [-0.05, 0) is 57.5 Å². The van der Waals surface area contributed by atoms with Crippen molar-refractivity contribution < 1.29 is 14.4 Å². The first-order valence-electron chi connectivity index (χ1n) is 12.0. The van der Waals surface area contributed by atoms with Gasteiger partial charge < -0.3 is 30.9 Å². The van der Waals surface area contributed by atoms with Crippen LogP contribution in [0.15, 0.2) is 35.0 Å². The fourth-order valence-corrected chi connectivity index (χ4v) is 4.50. The highest BCUT2D eigenvalue weighted by Crippen LogP contribution is 2.26. The minimum absolute atomic E-state index is 0.0166. The minimum atomic E-state index is -0.406. The first-order chi connectivity index (χ1) is 16.3. The number of carbonyl (C=O) groups excluding carboxylic acids is 3. The Hall–Kier alpha value is -2.72. The Balaban J connectivity index is 2.04. The van der Waals surface area contributed by atoms with Crippen LogP contribution in [-0.4, -0.2) is 60.2 Å². The zero-order valence-corrected chi connectivity index (χ0v) is 21.3. The average Bonchev–Trinajstić information content (AvgIpc) is 3.34. The van der Waals surface area contributed by atoms with Gasteiger partial charge in [0.15, 0.2) is 0 Å². The summed E-state index contributed by atoms with van der Waals surface area (Å²) < 4.78 is 3.15. The van der Waals surface area contributed by atoms with E-state index in [-0.39, 0.29) is 17.5 Å². The van der Waals surface area contributed by atoms with Crippen LogP contribution >= 0.6 is 11.9 Å². The van der Waals surface area contributed by atoms with Gasteiger partial charge in [0, 0.05) is 56.3 Å². The van der Waals surface area contributed by atoms with E-state index in [1.165, 1.54) is 24.7 Å². The molecule has 0 atom stereocenters. The molecule has 34 heavy (non-hydrogen) atoms. The summed E-state index contributed by atoms with van der Waals surface area (Å²) in [6.45, 7) is 9.08. The van der Waals surface area contributed by atoms with Crippen LogP contribution in [0.25, 0.3) is 0 Å². The van der Waals surface area contributed by atoms with Crippen LogP contribution in [0.3, 0.4) is 0 Å². The van der Waals surface area contributed by atoms with Crippen LogP contribution < -0.4 is 21.1 Å². The Kier molecular flexibility index (Phi) is 11.8. The third-order valence-electron chi connectivity index (χ3n) is 5.50. The number of nitrogens with one attached hydrogen (secondary N) is 3. The van der Waals surface area contributed by atoms with E-state index in [4.69, 9.17) is 5.73 Å². The summed E-state index contributed by atoms with van der Waals surface area (Å²) in [5.74, 6) is -0.648. The maximum Gasteiger partial charge on any atom is 0.269 e. The predicted molar refractivity (Wildman–Crippen MR) is 139 cm³/mol. The smallest absolute Gasteiger partial charge is 0.269 e. The topological polar surface area (TPSA) is 120 Å². The molecule has 1 aromatic rings. The van der Waals surface area contributed by atoms with Gasteiger partial charge in [-0.1, -0.05) is 19.4 Å². The number of hydrogen-bond acceptors (Lipinski definition) is 7. The second-order valence-electron chi connectivity index (χ2n) is 8.22. The summed E-state index contributed by atoms with van der Waals surface area (Å²) in [5.41, 5.74) is 7.52. The number of nitrogens with two attached hydrogens (primary N) is 1. The summed E-state index contributed by atoms with van der Waals surface area (Å²) in [6.07, 6.45) is 4.65. The molecule has 1 saturated heterocycles. The van der Waals surface area contributed by atoms with E-state index in [0.717, 1.165) is 44.4 Å². The number of hydrogen-bond donors (Lipinski definition) is 4. The molecule has 0 aliphatic carbocycles. The van der Waals surface area contributed by atoms with Crippen LogP contribution in [0.5, 0.6) is 0 Å². The monoisotopic (exact) mass is 490 g/mol. The maximum atomic E-state index is 12.5. The van der Waals surface area contributed by atoms with E-state index in [9.17, 15) is 14.4 Å². The molecule has 0 unspecified atom stereocenters. The molecular formula is C24H38N6O3S. The van der Waals surface area contributed by atoms with Gasteiger partial charge in [0.25, 0.3) is 5.91 Å². The van der Waals surface area contributed by atoms with Crippen molar-refractivity contribution in [2.45, 2.75) is 52.9 Å². The van der Waals surface area contributed by atoms with Crippen molar-refractivity contribution in [3.63, 3.8) is 0 Å². The van der Waals surface area contributed by atoms with Gasteiger partial charge >= 0.3 is 0 Å². The highest BCUT2D eigenvalue weighted by Gasteiger charge is 2.21. The summed E-state index contributed by atoms with van der Waals surface area (Å²) in [5, 5.41) is 6.06. The molecule has 1 aliphatic heterocycles. The first-order valence-corrected chi connectivity index (χ1v) is 12.8. The number of benzene rings is 1. The zero-order chi connectivity index (χ0) is 24.9. The Morgan fingerprint density at radius 2 is 1.85 bits per heavy atom. The molecule has 5 N–H and O–H groups in total. The minimum Gasteiger partial charge on any atom is -0.392 e. The van der Waals surface area contributed by atoms with Crippen LogP contribution in [0.4, 0.5) is 11.4 Å². The highest BCUT2D eigenvalue weighted by atomic mass is 32.2. The summed E-state index contributed by atoms with van der Waals surface area (Å²) in [6, 6.07) is 7.29. The Morgan fingerprint density at radius 1 is 1.15 bits per heavy atom. The van der Waals surface area contributed by atoms with Gasteiger partial charge in [-0.15, -0.1) is 0 Å². The van der Waals surface area contributed by atoms with E-state index in [1.54, 1.807) is 6.07 Å². The molecule has 1 aliphatic rings. The molecule has 0 spiro atoms. The van der Waals surface area contributed by atoms with E-state index in [1.807, 2.05) is 32.0 Å². The number of anilines is 2. The van der Waals surface area contributed by atoms with Crippen molar-refractivity contribution in [2.75, 3.05) is 42.8 Å². The van der Waals surface area contributed by atoms with Gasteiger partial charge in [-0.2, -0.15) is 0 Å². The molecule has 188 valence electrons. The largest absolute Gasteiger partial charge is 0.392 e. The lowest BCUT2D eigenvalue weighted by Gasteiger charge is -2.24. The van der Waals surface area contributed by atoms with E-state index in [0.29, 0.717) is 35.9 Å². The molecule has 1 fully saturated rings. The van der Waals surface area contributed by atoms with Gasteiger partial charge in [0.05, 0.1) is 0 Å². The van der Waals surface area contributed by atoms with Crippen molar-refractivity contribution in [2.24, 2.45) is 5.73 Å². The van der Waals surface area contributed by atoms with Crippen molar-refractivity contribution >= 4 is 41.0 Å². The molecular weight excluding hydrogens is 452 g/mol. The van der Waals surface area contributed by atoms with Crippen LogP contribution in [0.2, 0.25) is 0 Å². The van der Waals surface area contributed by atoms with Gasteiger partial charge in [-0.3, -0.25) is 14.4 Å². The average molecular weight is 491 g/mol. The molecule has 9 nitrogen and oxygen atoms in total. The Morgan fingerprint density at radius 3 is 2.50 bits per heavy atom. The normalized spacial score (nSPS) is 14.3.